The molecule has 68 valence electrons. The fourth-order valence-corrected chi connectivity index (χ4v) is 0.866. The van der Waals surface area contributed by atoms with Gasteiger partial charge in [-0.15, -0.1) is 0 Å². The molecule has 12 heavy (non-hydrogen) atoms. The van der Waals surface area contributed by atoms with Crippen molar-refractivity contribution in [3.05, 3.63) is 36.5 Å². The number of rotatable bonds is 6. The highest BCUT2D eigenvalue weighted by Crippen LogP contribution is 1.94. The molecule has 0 saturated heterocycles. The summed E-state index contributed by atoms with van der Waals surface area (Å²) in [5, 5.41) is 0. The zero-order valence-electron chi connectivity index (χ0n) is 8.29. The zero-order chi connectivity index (χ0) is 9.07. The summed E-state index contributed by atoms with van der Waals surface area (Å²) in [5.74, 6) is 0. The molecule has 0 heteroatoms. The number of allylic oxidation sites excluding steroid dienone is 6. The van der Waals surface area contributed by atoms with Gasteiger partial charge in [0.2, 0.25) is 0 Å². The van der Waals surface area contributed by atoms with Crippen LogP contribution >= 0.6 is 0 Å². The fourth-order valence-electron chi connectivity index (χ4n) is 0.866. The molecule has 0 nitrogen and oxygen atoms in total. The summed E-state index contributed by atoms with van der Waals surface area (Å²) in [6, 6.07) is 0. The van der Waals surface area contributed by atoms with E-state index in [4.69, 9.17) is 0 Å². The van der Waals surface area contributed by atoms with Crippen LogP contribution in [0.3, 0.4) is 0 Å². The van der Waals surface area contributed by atoms with Crippen molar-refractivity contribution in [3.8, 4) is 0 Å². The molecule has 0 bridgehead atoms. The van der Waals surface area contributed by atoms with Crippen molar-refractivity contribution in [2.75, 3.05) is 0 Å². The Bertz CT molecular complexity index is 149. The molecule has 0 atom stereocenters. The van der Waals surface area contributed by atoms with E-state index in [1.807, 2.05) is 0 Å². The highest BCUT2D eigenvalue weighted by molar-refractivity contribution is 5.02. The van der Waals surface area contributed by atoms with Gasteiger partial charge < -0.3 is 0 Å². The van der Waals surface area contributed by atoms with E-state index in [0.717, 1.165) is 19.3 Å². The molecule has 0 rings (SSSR count). The van der Waals surface area contributed by atoms with Gasteiger partial charge in [0.05, 0.1) is 0 Å². The second kappa shape index (κ2) is 10.2. The van der Waals surface area contributed by atoms with Gasteiger partial charge in [-0.05, 0) is 25.7 Å². The van der Waals surface area contributed by atoms with E-state index < -0.39 is 0 Å². The third kappa shape index (κ3) is 9.22. The average molecular weight is 164 g/mol. The van der Waals surface area contributed by atoms with E-state index in [2.05, 4.69) is 50.3 Å². The van der Waals surface area contributed by atoms with Crippen LogP contribution in [0, 0.1) is 0 Å². The van der Waals surface area contributed by atoms with Gasteiger partial charge in [-0.1, -0.05) is 50.3 Å². The Balaban J connectivity index is 3.24. The largest absolute Gasteiger partial charge is 0.0888 e. The van der Waals surface area contributed by atoms with Crippen LogP contribution in [0.15, 0.2) is 36.5 Å². The molecule has 0 N–H and O–H groups in total. The Hall–Kier alpha value is -0.780. The Morgan fingerprint density at radius 3 is 1.92 bits per heavy atom. The first-order chi connectivity index (χ1) is 5.91. The van der Waals surface area contributed by atoms with Crippen molar-refractivity contribution in [2.24, 2.45) is 0 Å². The van der Waals surface area contributed by atoms with E-state index in [-0.39, 0.29) is 0 Å². The van der Waals surface area contributed by atoms with Gasteiger partial charge in [-0.25, -0.2) is 0 Å². The third-order valence-corrected chi connectivity index (χ3v) is 1.52. The maximum atomic E-state index is 2.24. The van der Waals surface area contributed by atoms with Gasteiger partial charge in [0.1, 0.15) is 0 Å². The zero-order valence-corrected chi connectivity index (χ0v) is 8.29. The quantitative estimate of drug-likeness (QED) is 0.313. The summed E-state index contributed by atoms with van der Waals surface area (Å²) in [5.41, 5.74) is 0. The molecule has 0 aliphatic carbocycles. The predicted molar refractivity (Wildman–Crippen MR) is 57.2 cm³/mol. The molecule has 0 aromatic heterocycles. The first-order valence-electron chi connectivity index (χ1n) is 4.88. The molecule has 0 aliphatic rings. The second-order valence-corrected chi connectivity index (χ2v) is 2.72. The third-order valence-electron chi connectivity index (χ3n) is 1.52. The summed E-state index contributed by atoms with van der Waals surface area (Å²) >= 11 is 0. The fraction of sp³-hybridized carbons (Fsp3) is 0.500. The standard InChI is InChI=1S/C12H20/c1-3-5-7-9-11-12-10-8-6-4-2/h5-9,11H,3-4,10,12H2,1-2H3. The van der Waals surface area contributed by atoms with Crippen LogP contribution in [0.25, 0.3) is 0 Å². The minimum Gasteiger partial charge on any atom is -0.0888 e. The van der Waals surface area contributed by atoms with Crippen molar-refractivity contribution < 1.29 is 0 Å². The summed E-state index contributed by atoms with van der Waals surface area (Å²) < 4.78 is 0. The van der Waals surface area contributed by atoms with E-state index >= 15 is 0 Å². The van der Waals surface area contributed by atoms with Crippen LogP contribution in [0.5, 0.6) is 0 Å². The molecular formula is C12H20. The first kappa shape index (κ1) is 11.2. The Morgan fingerprint density at radius 2 is 1.25 bits per heavy atom. The molecule has 0 saturated carbocycles. The topological polar surface area (TPSA) is 0 Å². The molecule has 0 unspecified atom stereocenters. The smallest absolute Gasteiger partial charge is 0.0313 e. The Labute approximate surface area is 76.7 Å². The van der Waals surface area contributed by atoms with Crippen LogP contribution < -0.4 is 0 Å². The normalized spacial score (nSPS) is 12.5. The maximum absolute atomic E-state index is 2.24. The molecule has 0 heterocycles. The van der Waals surface area contributed by atoms with Crippen molar-refractivity contribution in [1.82, 2.24) is 0 Å². The lowest BCUT2D eigenvalue weighted by Gasteiger charge is -1.84. The van der Waals surface area contributed by atoms with Gasteiger partial charge in [0, 0.05) is 0 Å². The predicted octanol–water partition coefficient (Wildman–Crippen LogP) is 4.26. The van der Waals surface area contributed by atoms with Gasteiger partial charge in [0.15, 0.2) is 0 Å². The molecule has 0 fully saturated rings. The maximum Gasteiger partial charge on any atom is -0.0313 e. The van der Waals surface area contributed by atoms with Gasteiger partial charge in [-0.3, -0.25) is 0 Å². The van der Waals surface area contributed by atoms with E-state index in [1.165, 1.54) is 6.42 Å². The highest BCUT2D eigenvalue weighted by atomic mass is 13.8. The van der Waals surface area contributed by atoms with Crippen LogP contribution in [0.1, 0.15) is 39.5 Å². The molecule has 0 aromatic carbocycles. The summed E-state index contributed by atoms with van der Waals surface area (Å²) in [7, 11) is 0. The Kier molecular flexibility index (Phi) is 9.56. The van der Waals surface area contributed by atoms with E-state index in [9.17, 15) is 0 Å². The van der Waals surface area contributed by atoms with Gasteiger partial charge in [0.25, 0.3) is 0 Å². The molecule has 0 aliphatic heterocycles. The number of hydrogen-bond acceptors (Lipinski definition) is 0. The van der Waals surface area contributed by atoms with Gasteiger partial charge in [-0.2, -0.15) is 0 Å². The van der Waals surface area contributed by atoms with E-state index in [1.54, 1.807) is 0 Å². The minimum absolute atomic E-state index is 1.13. The Morgan fingerprint density at radius 1 is 0.667 bits per heavy atom. The van der Waals surface area contributed by atoms with Crippen LogP contribution in [0.2, 0.25) is 0 Å². The lowest BCUT2D eigenvalue weighted by Crippen LogP contribution is -1.63. The highest BCUT2D eigenvalue weighted by Gasteiger charge is 1.73. The molecule has 0 radical (unpaired) electrons. The SMILES string of the molecule is CCC=CC=CCCC=CCC. The summed E-state index contributed by atoms with van der Waals surface area (Å²) in [6.07, 6.45) is 17.7. The molecule has 0 spiro atoms. The molecular weight excluding hydrogens is 144 g/mol. The van der Waals surface area contributed by atoms with Crippen LogP contribution in [0.4, 0.5) is 0 Å². The lowest BCUT2D eigenvalue weighted by atomic mass is 10.2. The van der Waals surface area contributed by atoms with Crippen molar-refractivity contribution in [3.63, 3.8) is 0 Å². The number of hydrogen-bond donors (Lipinski definition) is 0. The monoisotopic (exact) mass is 164 g/mol. The first-order valence-corrected chi connectivity index (χ1v) is 4.88. The van der Waals surface area contributed by atoms with Crippen molar-refractivity contribution >= 4 is 0 Å². The van der Waals surface area contributed by atoms with Crippen molar-refractivity contribution in [1.29, 1.82) is 0 Å². The lowest BCUT2D eigenvalue weighted by molar-refractivity contribution is 1.04. The minimum atomic E-state index is 1.13. The summed E-state index contributed by atoms with van der Waals surface area (Å²) in [6.45, 7) is 4.31. The van der Waals surface area contributed by atoms with Gasteiger partial charge >= 0.3 is 0 Å². The van der Waals surface area contributed by atoms with Crippen molar-refractivity contribution in [2.45, 2.75) is 39.5 Å². The average Bonchev–Trinajstić information content (AvgIpc) is 2.10. The summed E-state index contributed by atoms with van der Waals surface area (Å²) in [4.78, 5) is 0. The molecule has 0 aromatic rings. The number of unbranched alkanes of at least 4 members (excludes halogenated alkanes) is 1. The van der Waals surface area contributed by atoms with Crippen LogP contribution in [-0.2, 0) is 0 Å². The second-order valence-electron chi connectivity index (χ2n) is 2.72. The van der Waals surface area contributed by atoms with Crippen LogP contribution in [-0.4, -0.2) is 0 Å². The van der Waals surface area contributed by atoms with E-state index in [0.29, 0.717) is 0 Å². The molecule has 0 amide bonds.